The average molecular weight is 249 g/mol. The molecule has 0 saturated carbocycles. The third kappa shape index (κ3) is 3.26. The lowest BCUT2D eigenvalue weighted by atomic mass is 9.93. The molecule has 0 bridgehead atoms. The van der Waals surface area contributed by atoms with Crippen molar-refractivity contribution in [3.8, 4) is 11.8 Å². The molecule has 2 aromatic rings. The second-order valence-corrected chi connectivity index (χ2v) is 4.01. The van der Waals surface area contributed by atoms with Gasteiger partial charge in [0.15, 0.2) is 0 Å². The van der Waals surface area contributed by atoms with Crippen LogP contribution in [0.4, 0.5) is 5.69 Å². The molecule has 0 aliphatic carbocycles. The standard InChI is InChI=1S/C14H12BN3O/c15-11-7-10(9-16)14(17)13(8-11)19-6-4-12-3-1-2-5-18-12/h1-3,5,7-8H,4,6,17H2. The van der Waals surface area contributed by atoms with E-state index >= 15 is 0 Å². The van der Waals surface area contributed by atoms with Crippen molar-refractivity contribution in [1.29, 1.82) is 5.26 Å². The van der Waals surface area contributed by atoms with Gasteiger partial charge in [-0.25, -0.2) is 0 Å². The van der Waals surface area contributed by atoms with Crippen LogP contribution in [0.5, 0.6) is 5.75 Å². The minimum atomic E-state index is 0.317. The van der Waals surface area contributed by atoms with Gasteiger partial charge in [0.05, 0.1) is 17.9 Å². The molecule has 0 fully saturated rings. The van der Waals surface area contributed by atoms with Crippen LogP contribution in [0.1, 0.15) is 11.3 Å². The van der Waals surface area contributed by atoms with Gasteiger partial charge in [-0.15, -0.1) is 0 Å². The zero-order valence-corrected chi connectivity index (χ0v) is 10.3. The highest BCUT2D eigenvalue weighted by atomic mass is 16.5. The predicted molar refractivity (Wildman–Crippen MR) is 74.4 cm³/mol. The summed E-state index contributed by atoms with van der Waals surface area (Å²) in [6.07, 6.45) is 2.40. The van der Waals surface area contributed by atoms with Gasteiger partial charge < -0.3 is 10.5 Å². The summed E-state index contributed by atoms with van der Waals surface area (Å²) in [6, 6.07) is 10.8. The summed E-state index contributed by atoms with van der Waals surface area (Å²) in [5.41, 5.74) is 7.86. The zero-order valence-electron chi connectivity index (χ0n) is 10.3. The molecule has 0 aliphatic heterocycles. The number of hydrogen-bond donors (Lipinski definition) is 1. The molecular weight excluding hydrogens is 237 g/mol. The zero-order chi connectivity index (χ0) is 13.7. The Kier molecular flexibility index (Phi) is 4.04. The van der Waals surface area contributed by atoms with Gasteiger partial charge in [0.25, 0.3) is 0 Å². The van der Waals surface area contributed by atoms with Crippen molar-refractivity contribution in [2.75, 3.05) is 12.3 Å². The predicted octanol–water partition coefficient (Wildman–Crippen LogP) is 0.951. The van der Waals surface area contributed by atoms with Crippen LogP contribution in [-0.4, -0.2) is 19.4 Å². The van der Waals surface area contributed by atoms with Gasteiger partial charge in [-0.3, -0.25) is 4.98 Å². The minimum Gasteiger partial charge on any atom is -0.491 e. The fourth-order valence-corrected chi connectivity index (χ4v) is 1.67. The van der Waals surface area contributed by atoms with Crippen molar-refractivity contribution in [3.05, 3.63) is 47.8 Å². The molecule has 1 heterocycles. The highest BCUT2D eigenvalue weighted by Crippen LogP contribution is 2.23. The van der Waals surface area contributed by atoms with Crippen LogP contribution in [0.25, 0.3) is 0 Å². The lowest BCUT2D eigenvalue weighted by Gasteiger charge is -2.11. The van der Waals surface area contributed by atoms with Crippen LogP contribution in [0, 0.1) is 11.3 Å². The van der Waals surface area contributed by atoms with Crippen LogP contribution in [0.3, 0.4) is 0 Å². The SMILES string of the molecule is [B]c1cc(C#N)c(N)c(OCCc2ccccn2)c1. The Morgan fingerprint density at radius 3 is 2.89 bits per heavy atom. The van der Waals surface area contributed by atoms with Crippen LogP contribution in [0.15, 0.2) is 36.5 Å². The Balaban J connectivity index is 2.04. The summed E-state index contributed by atoms with van der Waals surface area (Å²) in [5, 5.41) is 8.92. The van der Waals surface area contributed by atoms with E-state index < -0.39 is 0 Å². The average Bonchev–Trinajstić information content (AvgIpc) is 2.43. The number of nitrogens with zero attached hydrogens (tertiary/aromatic N) is 2. The molecule has 0 amide bonds. The molecular formula is C14H12BN3O. The molecule has 0 spiro atoms. The Morgan fingerprint density at radius 2 is 2.21 bits per heavy atom. The van der Waals surface area contributed by atoms with E-state index in [4.69, 9.17) is 23.6 Å². The number of nitrogen functional groups attached to an aromatic ring is 1. The van der Waals surface area contributed by atoms with Crippen molar-refractivity contribution >= 4 is 19.0 Å². The molecule has 0 saturated heterocycles. The molecule has 2 rings (SSSR count). The van der Waals surface area contributed by atoms with Crippen molar-refractivity contribution in [3.63, 3.8) is 0 Å². The van der Waals surface area contributed by atoms with Gasteiger partial charge in [0, 0.05) is 18.3 Å². The Morgan fingerprint density at radius 1 is 1.37 bits per heavy atom. The van der Waals surface area contributed by atoms with Crippen LogP contribution in [0.2, 0.25) is 0 Å². The van der Waals surface area contributed by atoms with Gasteiger partial charge in [-0.05, 0) is 24.3 Å². The van der Waals surface area contributed by atoms with Crippen molar-refractivity contribution < 1.29 is 4.74 Å². The van der Waals surface area contributed by atoms with E-state index in [1.807, 2.05) is 24.3 Å². The Hall–Kier alpha value is -2.48. The second kappa shape index (κ2) is 5.92. The first-order chi connectivity index (χ1) is 9.20. The van der Waals surface area contributed by atoms with Crippen LogP contribution in [-0.2, 0) is 6.42 Å². The van der Waals surface area contributed by atoms with E-state index in [9.17, 15) is 0 Å². The van der Waals surface area contributed by atoms with Crippen molar-refractivity contribution in [2.24, 2.45) is 0 Å². The molecule has 0 atom stereocenters. The number of rotatable bonds is 4. The number of aromatic nitrogens is 1. The fraction of sp³-hybridized carbons (Fsp3) is 0.143. The summed E-state index contributed by atoms with van der Waals surface area (Å²) in [7, 11) is 5.69. The molecule has 1 aromatic carbocycles. The molecule has 0 unspecified atom stereocenters. The third-order valence-corrected chi connectivity index (χ3v) is 2.63. The van der Waals surface area contributed by atoms with Gasteiger partial charge in [-0.1, -0.05) is 11.5 Å². The summed E-state index contributed by atoms with van der Waals surface area (Å²) < 4.78 is 5.57. The highest BCUT2D eigenvalue weighted by Gasteiger charge is 2.07. The maximum absolute atomic E-state index is 8.92. The smallest absolute Gasteiger partial charge is 0.142 e. The number of anilines is 1. The first-order valence-corrected chi connectivity index (χ1v) is 5.82. The number of nitrogens with two attached hydrogens (primary N) is 1. The molecule has 4 nitrogen and oxygen atoms in total. The second-order valence-electron chi connectivity index (χ2n) is 4.01. The van der Waals surface area contributed by atoms with Crippen LogP contribution < -0.4 is 15.9 Å². The quantitative estimate of drug-likeness (QED) is 0.646. The monoisotopic (exact) mass is 249 g/mol. The molecule has 19 heavy (non-hydrogen) atoms. The summed E-state index contributed by atoms with van der Waals surface area (Å²) in [6.45, 7) is 0.426. The highest BCUT2D eigenvalue weighted by molar-refractivity contribution is 6.32. The van der Waals surface area contributed by atoms with Crippen molar-refractivity contribution in [2.45, 2.75) is 6.42 Å². The van der Waals surface area contributed by atoms with Gasteiger partial charge in [0.2, 0.25) is 0 Å². The number of ether oxygens (including phenoxy) is 1. The first-order valence-electron chi connectivity index (χ1n) is 5.82. The van der Waals surface area contributed by atoms with E-state index in [2.05, 4.69) is 4.98 Å². The number of pyridine rings is 1. The minimum absolute atomic E-state index is 0.317. The van der Waals surface area contributed by atoms with Crippen molar-refractivity contribution in [1.82, 2.24) is 4.98 Å². The first kappa shape index (κ1) is 13.0. The normalized spacial score (nSPS) is 9.84. The maximum Gasteiger partial charge on any atom is 0.142 e. The van der Waals surface area contributed by atoms with Gasteiger partial charge in [0.1, 0.15) is 19.7 Å². The summed E-state index contributed by atoms with van der Waals surface area (Å²) in [5.74, 6) is 0.437. The van der Waals surface area contributed by atoms with E-state index in [0.717, 1.165) is 5.69 Å². The largest absolute Gasteiger partial charge is 0.491 e. The van der Waals surface area contributed by atoms with E-state index in [1.54, 1.807) is 12.3 Å². The molecule has 92 valence electrons. The van der Waals surface area contributed by atoms with Crippen LogP contribution >= 0.6 is 0 Å². The summed E-state index contributed by atoms with van der Waals surface area (Å²) >= 11 is 0. The molecule has 5 heteroatoms. The number of benzene rings is 1. The molecule has 0 aliphatic rings. The van der Waals surface area contributed by atoms with Gasteiger partial charge >= 0.3 is 0 Å². The van der Waals surface area contributed by atoms with Gasteiger partial charge in [-0.2, -0.15) is 5.26 Å². The van der Waals surface area contributed by atoms with E-state index in [-0.39, 0.29) is 0 Å². The Bertz CT molecular complexity index is 608. The summed E-state index contributed by atoms with van der Waals surface area (Å²) in [4.78, 5) is 4.20. The lowest BCUT2D eigenvalue weighted by molar-refractivity contribution is 0.322. The molecule has 1 aromatic heterocycles. The topological polar surface area (TPSA) is 71.9 Å². The molecule has 2 N–H and O–H groups in total. The van der Waals surface area contributed by atoms with E-state index in [1.165, 1.54) is 6.07 Å². The molecule has 2 radical (unpaired) electrons. The maximum atomic E-state index is 8.92. The number of nitriles is 1. The third-order valence-electron chi connectivity index (χ3n) is 2.63. The fourth-order valence-electron chi connectivity index (χ4n) is 1.67. The lowest BCUT2D eigenvalue weighted by Crippen LogP contribution is -2.10. The Labute approximate surface area is 113 Å². The van der Waals surface area contributed by atoms with E-state index in [0.29, 0.717) is 35.5 Å². The number of hydrogen-bond acceptors (Lipinski definition) is 4.